The van der Waals surface area contributed by atoms with Gasteiger partial charge in [-0.3, -0.25) is 0 Å². The number of hydrogen-bond donors (Lipinski definition) is 0. The van der Waals surface area contributed by atoms with Gasteiger partial charge in [0.25, 0.3) is 0 Å². The molecule has 0 radical (unpaired) electrons. The molecule has 1 nitrogen and oxygen atoms in total. The predicted molar refractivity (Wildman–Crippen MR) is 97.0 cm³/mol. The van der Waals surface area contributed by atoms with Gasteiger partial charge >= 0.3 is 0 Å². The van der Waals surface area contributed by atoms with Gasteiger partial charge in [-0.25, -0.2) is 0 Å². The molecule has 128 valence electrons. The smallest absolute Gasteiger partial charge is 0.128 e. The standard InChI is InChI=1S/C21H38O/c1-5-21(17-13-11-14-18-21)22-19-15-10-8-6-7-9-12-16-20(2,3)4/h1H,6-19H2,2-4H3. The Balaban J connectivity index is 1.92. The monoisotopic (exact) mass is 306 g/mol. The fraction of sp³-hybridized carbons (Fsp3) is 0.905. The topological polar surface area (TPSA) is 9.23 Å². The molecule has 0 spiro atoms. The van der Waals surface area contributed by atoms with Gasteiger partial charge in [-0.1, -0.05) is 71.6 Å². The lowest BCUT2D eigenvalue weighted by Gasteiger charge is -2.32. The van der Waals surface area contributed by atoms with Crippen LogP contribution in [0.15, 0.2) is 0 Å². The van der Waals surface area contributed by atoms with E-state index in [1.54, 1.807) is 0 Å². The Bertz CT molecular complexity index is 312. The molecule has 0 atom stereocenters. The van der Waals surface area contributed by atoms with E-state index in [1.165, 1.54) is 70.6 Å². The van der Waals surface area contributed by atoms with Crippen LogP contribution in [-0.4, -0.2) is 12.2 Å². The number of terminal acetylenes is 1. The number of ether oxygens (including phenoxy) is 1. The van der Waals surface area contributed by atoms with Crippen molar-refractivity contribution < 1.29 is 4.74 Å². The van der Waals surface area contributed by atoms with Crippen LogP contribution in [0.5, 0.6) is 0 Å². The van der Waals surface area contributed by atoms with Crippen LogP contribution in [0.2, 0.25) is 0 Å². The fourth-order valence-corrected chi connectivity index (χ4v) is 3.36. The highest BCUT2D eigenvalue weighted by Gasteiger charge is 2.30. The van der Waals surface area contributed by atoms with Gasteiger partial charge in [0.1, 0.15) is 5.60 Å². The first kappa shape index (κ1) is 19.6. The second-order valence-electron chi connectivity index (χ2n) is 8.33. The van der Waals surface area contributed by atoms with Gasteiger partial charge in [-0.05, 0) is 43.9 Å². The third-order valence-electron chi connectivity index (χ3n) is 4.87. The molecule has 0 aromatic heterocycles. The SMILES string of the molecule is C#CC1(OCCCCCCCCCC(C)(C)C)CCCCC1. The van der Waals surface area contributed by atoms with Crippen LogP contribution < -0.4 is 0 Å². The maximum Gasteiger partial charge on any atom is 0.128 e. The molecule has 0 heterocycles. The molecule has 0 unspecified atom stereocenters. The Morgan fingerprint density at radius 3 is 1.95 bits per heavy atom. The first-order valence-corrected chi connectivity index (χ1v) is 9.59. The van der Waals surface area contributed by atoms with E-state index in [2.05, 4.69) is 26.7 Å². The lowest BCUT2D eigenvalue weighted by molar-refractivity contribution is -0.0274. The Kier molecular flexibility index (Phi) is 9.18. The average molecular weight is 307 g/mol. The third kappa shape index (κ3) is 8.84. The number of unbranched alkanes of at least 4 members (excludes halogenated alkanes) is 6. The van der Waals surface area contributed by atoms with Crippen molar-refractivity contribution in [2.24, 2.45) is 5.41 Å². The summed E-state index contributed by atoms with van der Waals surface area (Å²) in [4.78, 5) is 0. The second kappa shape index (κ2) is 10.3. The van der Waals surface area contributed by atoms with Crippen LogP contribution in [0.4, 0.5) is 0 Å². The fourth-order valence-electron chi connectivity index (χ4n) is 3.36. The summed E-state index contributed by atoms with van der Waals surface area (Å²) >= 11 is 0. The van der Waals surface area contributed by atoms with E-state index in [1.807, 2.05) is 0 Å². The van der Waals surface area contributed by atoms with Gasteiger partial charge < -0.3 is 4.74 Å². The maximum atomic E-state index is 6.07. The van der Waals surface area contributed by atoms with Crippen molar-refractivity contribution in [3.05, 3.63) is 0 Å². The Morgan fingerprint density at radius 1 is 0.864 bits per heavy atom. The molecule has 0 bridgehead atoms. The summed E-state index contributed by atoms with van der Waals surface area (Å²) in [5.41, 5.74) is 0.286. The minimum atomic E-state index is -0.217. The molecule has 0 N–H and O–H groups in total. The van der Waals surface area contributed by atoms with Gasteiger partial charge in [0.2, 0.25) is 0 Å². The van der Waals surface area contributed by atoms with Gasteiger partial charge in [-0.2, -0.15) is 0 Å². The summed E-state index contributed by atoms with van der Waals surface area (Å²) in [7, 11) is 0. The summed E-state index contributed by atoms with van der Waals surface area (Å²) in [6.07, 6.45) is 22.4. The molecule has 1 aliphatic carbocycles. The molecular formula is C21H38O. The van der Waals surface area contributed by atoms with Crippen molar-refractivity contribution >= 4 is 0 Å². The largest absolute Gasteiger partial charge is 0.362 e. The van der Waals surface area contributed by atoms with E-state index >= 15 is 0 Å². The lowest BCUT2D eigenvalue weighted by atomic mass is 9.85. The summed E-state index contributed by atoms with van der Waals surface area (Å²) in [5, 5.41) is 0. The second-order valence-corrected chi connectivity index (χ2v) is 8.33. The van der Waals surface area contributed by atoms with E-state index in [-0.39, 0.29) is 5.60 Å². The molecular weight excluding hydrogens is 268 g/mol. The first-order valence-electron chi connectivity index (χ1n) is 9.59. The van der Waals surface area contributed by atoms with Crippen molar-refractivity contribution in [2.75, 3.05) is 6.61 Å². The molecule has 0 amide bonds. The molecule has 1 rings (SSSR count). The summed E-state index contributed by atoms with van der Waals surface area (Å²) in [5.74, 6) is 2.93. The van der Waals surface area contributed by atoms with Crippen LogP contribution in [0, 0.1) is 17.8 Å². The third-order valence-corrected chi connectivity index (χ3v) is 4.87. The van der Waals surface area contributed by atoms with E-state index in [0.29, 0.717) is 5.41 Å². The molecule has 22 heavy (non-hydrogen) atoms. The van der Waals surface area contributed by atoms with Gasteiger partial charge in [-0.15, -0.1) is 6.42 Å². The molecule has 1 heteroatoms. The van der Waals surface area contributed by atoms with Crippen molar-refractivity contribution in [3.8, 4) is 12.3 Å². The molecule has 1 fully saturated rings. The van der Waals surface area contributed by atoms with Crippen LogP contribution in [0.25, 0.3) is 0 Å². The molecule has 0 aliphatic heterocycles. The predicted octanol–water partition coefficient (Wildman–Crippen LogP) is 6.51. The summed E-state index contributed by atoms with van der Waals surface area (Å²) in [6, 6.07) is 0. The summed E-state index contributed by atoms with van der Waals surface area (Å²) in [6.45, 7) is 7.86. The Morgan fingerprint density at radius 2 is 1.41 bits per heavy atom. The van der Waals surface area contributed by atoms with E-state index in [9.17, 15) is 0 Å². The summed E-state index contributed by atoms with van der Waals surface area (Å²) < 4.78 is 6.07. The van der Waals surface area contributed by atoms with Crippen LogP contribution in [0.1, 0.15) is 104 Å². The zero-order valence-electron chi connectivity index (χ0n) is 15.4. The molecule has 1 aliphatic rings. The quantitative estimate of drug-likeness (QED) is 0.330. The molecule has 0 aromatic carbocycles. The van der Waals surface area contributed by atoms with Crippen LogP contribution in [0.3, 0.4) is 0 Å². The molecule has 0 saturated heterocycles. The zero-order chi connectivity index (χ0) is 16.3. The zero-order valence-corrected chi connectivity index (χ0v) is 15.4. The van der Waals surface area contributed by atoms with E-state index < -0.39 is 0 Å². The van der Waals surface area contributed by atoms with Crippen LogP contribution >= 0.6 is 0 Å². The maximum absolute atomic E-state index is 6.07. The minimum absolute atomic E-state index is 0.217. The van der Waals surface area contributed by atoms with Gasteiger partial charge in [0, 0.05) is 6.61 Å². The average Bonchev–Trinajstić information content (AvgIpc) is 2.49. The molecule has 0 aromatic rings. The first-order chi connectivity index (χ1) is 10.5. The van der Waals surface area contributed by atoms with Crippen molar-refractivity contribution in [2.45, 2.75) is 110 Å². The Hall–Kier alpha value is -0.480. The van der Waals surface area contributed by atoms with Gasteiger partial charge in [0.05, 0.1) is 0 Å². The number of hydrogen-bond acceptors (Lipinski definition) is 1. The highest BCUT2D eigenvalue weighted by Crippen LogP contribution is 2.31. The molecule has 1 saturated carbocycles. The van der Waals surface area contributed by atoms with Crippen molar-refractivity contribution in [1.82, 2.24) is 0 Å². The highest BCUT2D eigenvalue weighted by molar-refractivity contribution is 5.09. The normalized spacial score (nSPS) is 18.1. The van der Waals surface area contributed by atoms with E-state index in [4.69, 9.17) is 11.2 Å². The van der Waals surface area contributed by atoms with Crippen LogP contribution in [-0.2, 0) is 4.74 Å². The lowest BCUT2D eigenvalue weighted by Crippen LogP contribution is -2.33. The van der Waals surface area contributed by atoms with E-state index in [0.717, 1.165) is 19.4 Å². The Labute approximate surface area is 139 Å². The van der Waals surface area contributed by atoms with Crippen molar-refractivity contribution in [1.29, 1.82) is 0 Å². The number of rotatable bonds is 10. The highest BCUT2D eigenvalue weighted by atomic mass is 16.5. The minimum Gasteiger partial charge on any atom is -0.362 e. The van der Waals surface area contributed by atoms with Gasteiger partial charge in [0.15, 0.2) is 0 Å². The van der Waals surface area contributed by atoms with Crippen molar-refractivity contribution in [3.63, 3.8) is 0 Å².